The number of aromatic nitrogens is 3. The average molecular weight is 386 g/mol. The molecule has 4 heterocycles. The quantitative estimate of drug-likeness (QED) is 0.781. The Morgan fingerprint density at radius 1 is 1.04 bits per heavy atom. The predicted octanol–water partition coefficient (Wildman–Crippen LogP) is 2.44. The molecule has 0 aromatic carbocycles. The van der Waals surface area contributed by atoms with Crippen LogP contribution in [0.2, 0.25) is 0 Å². The topological polar surface area (TPSA) is 77.4 Å². The van der Waals surface area contributed by atoms with Gasteiger partial charge in [0.15, 0.2) is 0 Å². The van der Waals surface area contributed by atoms with Crippen molar-refractivity contribution in [3.63, 3.8) is 0 Å². The first-order chi connectivity index (χ1) is 13.3. The molecule has 4 rings (SSSR count). The van der Waals surface area contributed by atoms with E-state index in [9.17, 15) is 4.79 Å². The number of carbonyl (C=O) groups is 1. The molecule has 2 aromatic rings. The second-order valence-electron chi connectivity index (χ2n) is 6.64. The summed E-state index contributed by atoms with van der Waals surface area (Å²) in [5.41, 5.74) is 0.624. The number of likely N-dealkylation sites (tertiary alicyclic amines) is 1. The minimum atomic E-state index is 0.0148. The van der Waals surface area contributed by atoms with Crippen molar-refractivity contribution in [2.75, 3.05) is 24.6 Å². The zero-order valence-corrected chi connectivity index (χ0v) is 15.8. The number of pyridine rings is 1. The maximum Gasteiger partial charge on any atom is 0.254 e. The van der Waals surface area contributed by atoms with Crippen molar-refractivity contribution < 1.29 is 14.3 Å². The van der Waals surface area contributed by atoms with E-state index in [0.29, 0.717) is 30.4 Å². The van der Waals surface area contributed by atoms with E-state index in [0.717, 1.165) is 30.8 Å². The molecule has 8 heteroatoms. The first kappa shape index (κ1) is 18.0. The van der Waals surface area contributed by atoms with Crippen molar-refractivity contribution in [3.05, 3.63) is 42.5 Å². The summed E-state index contributed by atoms with van der Waals surface area (Å²) in [4.78, 5) is 27.1. The number of piperidine rings is 1. The summed E-state index contributed by atoms with van der Waals surface area (Å²) in [7, 11) is 0. The molecule has 0 radical (unpaired) electrons. The average Bonchev–Trinajstić information content (AvgIpc) is 3.22. The fraction of sp³-hybridized carbons (Fsp3) is 0.474. The second-order valence-corrected chi connectivity index (χ2v) is 7.79. The molecule has 2 aromatic heterocycles. The minimum absolute atomic E-state index is 0.0148. The zero-order chi connectivity index (χ0) is 18.5. The van der Waals surface area contributed by atoms with E-state index in [4.69, 9.17) is 9.47 Å². The summed E-state index contributed by atoms with van der Waals surface area (Å²) in [5, 5.41) is 0. The maximum absolute atomic E-state index is 12.8. The standard InChI is InChI=1S/C19H22N4O3S/c24-19(14-1-5-21-17(11-14)26-16-4-10-27-13-16)23-8-2-15(3-9-23)25-18-12-20-6-7-22-18/h1,5-7,11-12,15-16H,2-4,8-10,13H2/t16-/m0/s1. The largest absolute Gasteiger partial charge is 0.473 e. The summed E-state index contributed by atoms with van der Waals surface area (Å²) in [6, 6.07) is 3.51. The molecule has 0 spiro atoms. The van der Waals surface area contributed by atoms with E-state index in [2.05, 4.69) is 15.0 Å². The Kier molecular flexibility index (Phi) is 5.72. The van der Waals surface area contributed by atoms with Crippen LogP contribution in [0, 0.1) is 0 Å². The van der Waals surface area contributed by atoms with Crippen LogP contribution in [0.4, 0.5) is 0 Å². The van der Waals surface area contributed by atoms with Gasteiger partial charge in [-0.05, 0) is 18.2 Å². The Morgan fingerprint density at radius 3 is 2.59 bits per heavy atom. The lowest BCUT2D eigenvalue weighted by molar-refractivity contribution is 0.0586. The SMILES string of the molecule is O=C(c1ccnc(O[C@H]2CCSC2)c1)N1CCC(Oc2cnccn2)CC1. The number of thioether (sulfide) groups is 1. The summed E-state index contributed by atoms with van der Waals surface area (Å²) < 4.78 is 11.7. The molecule has 2 fully saturated rings. The fourth-order valence-corrected chi connectivity index (χ4v) is 4.35. The highest BCUT2D eigenvalue weighted by molar-refractivity contribution is 7.99. The number of ether oxygens (including phenoxy) is 2. The van der Waals surface area contributed by atoms with Crippen molar-refractivity contribution in [3.8, 4) is 11.8 Å². The number of hydrogen-bond acceptors (Lipinski definition) is 7. The highest BCUT2D eigenvalue weighted by Crippen LogP contribution is 2.23. The van der Waals surface area contributed by atoms with Gasteiger partial charge < -0.3 is 14.4 Å². The normalized spacial score (nSPS) is 20.4. The van der Waals surface area contributed by atoms with Crippen molar-refractivity contribution in [2.24, 2.45) is 0 Å². The van der Waals surface area contributed by atoms with Crippen molar-refractivity contribution >= 4 is 17.7 Å². The first-order valence-corrected chi connectivity index (χ1v) is 10.4. The number of nitrogens with zero attached hydrogens (tertiary/aromatic N) is 4. The van der Waals surface area contributed by atoms with Crippen LogP contribution >= 0.6 is 11.8 Å². The van der Waals surface area contributed by atoms with Gasteiger partial charge in [0.25, 0.3) is 5.91 Å². The van der Waals surface area contributed by atoms with Gasteiger partial charge in [-0.3, -0.25) is 9.78 Å². The van der Waals surface area contributed by atoms with Gasteiger partial charge in [-0.15, -0.1) is 0 Å². The number of amides is 1. The van der Waals surface area contributed by atoms with Gasteiger partial charge in [0.1, 0.15) is 12.2 Å². The van der Waals surface area contributed by atoms with Gasteiger partial charge in [-0.25, -0.2) is 9.97 Å². The molecule has 0 aliphatic carbocycles. The van der Waals surface area contributed by atoms with Gasteiger partial charge in [-0.1, -0.05) is 0 Å². The highest BCUT2D eigenvalue weighted by Gasteiger charge is 2.26. The van der Waals surface area contributed by atoms with E-state index in [1.165, 1.54) is 0 Å². The predicted molar refractivity (Wildman–Crippen MR) is 102 cm³/mol. The van der Waals surface area contributed by atoms with Crippen LogP contribution in [-0.4, -0.2) is 62.6 Å². The van der Waals surface area contributed by atoms with Gasteiger partial charge in [0, 0.05) is 61.9 Å². The van der Waals surface area contributed by atoms with E-state index in [1.54, 1.807) is 36.9 Å². The smallest absolute Gasteiger partial charge is 0.254 e. The Balaban J connectivity index is 1.32. The van der Waals surface area contributed by atoms with Crippen LogP contribution in [-0.2, 0) is 0 Å². The second kappa shape index (κ2) is 8.56. The molecule has 142 valence electrons. The molecule has 0 bridgehead atoms. The molecule has 7 nitrogen and oxygen atoms in total. The third kappa shape index (κ3) is 4.68. The molecule has 1 amide bonds. The van der Waals surface area contributed by atoms with E-state index in [1.807, 2.05) is 16.7 Å². The Bertz CT molecular complexity index is 763. The van der Waals surface area contributed by atoms with Crippen LogP contribution < -0.4 is 9.47 Å². The Labute approximate surface area is 162 Å². The third-order valence-corrected chi connectivity index (χ3v) is 5.85. The van der Waals surface area contributed by atoms with E-state index < -0.39 is 0 Å². The Hall–Kier alpha value is -2.35. The summed E-state index contributed by atoms with van der Waals surface area (Å²) in [6.07, 6.45) is 9.32. The molecule has 0 unspecified atom stereocenters. The lowest BCUT2D eigenvalue weighted by atomic mass is 10.1. The zero-order valence-electron chi connectivity index (χ0n) is 15.0. The highest BCUT2D eigenvalue weighted by atomic mass is 32.2. The molecule has 2 saturated heterocycles. The van der Waals surface area contributed by atoms with Gasteiger partial charge in [0.05, 0.1) is 6.20 Å². The molecule has 2 aliphatic heterocycles. The van der Waals surface area contributed by atoms with Gasteiger partial charge in [0.2, 0.25) is 11.8 Å². The van der Waals surface area contributed by atoms with Crippen molar-refractivity contribution in [1.29, 1.82) is 0 Å². The van der Waals surface area contributed by atoms with Crippen LogP contribution in [0.15, 0.2) is 36.9 Å². The van der Waals surface area contributed by atoms with Crippen LogP contribution in [0.25, 0.3) is 0 Å². The number of carbonyl (C=O) groups excluding carboxylic acids is 1. The van der Waals surface area contributed by atoms with Crippen molar-refractivity contribution in [1.82, 2.24) is 19.9 Å². The molecular formula is C19H22N4O3S. The summed E-state index contributed by atoms with van der Waals surface area (Å²) >= 11 is 1.89. The van der Waals surface area contributed by atoms with E-state index >= 15 is 0 Å². The molecule has 0 N–H and O–H groups in total. The maximum atomic E-state index is 12.8. The van der Waals surface area contributed by atoms with Crippen LogP contribution in [0.5, 0.6) is 11.8 Å². The minimum Gasteiger partial charge on any atom is -0.473 e. The van der Waals surface area contributed by atoms with Gasteiger partial charge >= 0.3 is 0 Å². The molecule has 2 aliphatic rings. The number of rotatable bonds is 5. The summed E-state index contributed by atoms with van der Waals surface area (Å²) in [6.45, 7) is 1.31. The van der Waals surface area contributed by atoms with Gasteiger partial charge in [-0.2, -0.15) is 11.8 Å². The third-order valence-electron chi connectivity index (χ3n) is 4.71. The van der Waals surface area contributed by atoms with E-state index in [-0.39, 0.29) is 18.1 Å². The Morgan fingerprint density at radius 2 is 1.85 bits per heavy atom. The number of hydrogen-bond donors (Lipinski definition) is 0. The summed E-state index contributed by atoms with van der Waals surface area (Å²) in [5.74, 6) is 3.19. The molecule has 0 saturated carbocycles. The molecule has 27 heavy (non-hydrogen) atoms. The first-order valence-electron chi connectivity index (χ1n) is 9.20. The van der Waals surface area contributed by atoms with Crippen molar-refractivity contribution in [2.45, 2.75) is 31.5 Å². The monoisotopic (exact) mass is 386 g/mol. The van der Waals surface area contributed by atoms with Crippen LogP contribution in [0.3, 0.4) is 0 Å². The lowest BCUT2D eigenvalue weighted by Crippen LogP contribution is -2.41. The van der Waals surface area contributed by atoms with Crippen LogP contribution in [0.1, 0.15) is 29.6 Å². The lowest BCUT2D eigenvalue weighted by Gasteiger charge is -2.32. The fourth-order valence-electron chi connectivity index (χ4n) is 3.26. The molecular weight excluding hydrogens is 364 g/mol. The molecule has 1 atom stereocenters.